The van der Waals surface area contributed by atoms with E-state index in [4.69, 9.17) is 11.6 Å². The van der Waals surface area contributed by atoms with Crippen LogP contribution in [-0.2, 0) is 0 Å². The summed E-state index contributed by atoms with van der Waals surface area (Å²) in [6.07, 6.45) is -3.80. The second-order valence-corrected chi connectivity index (χ2v) is 5.21. The fourth-order valence-corrected chi connectivity index (χ4v) is 2.29. The third-order valence-electron chi connectivity index (χ3n) is 1.86. The number of halogens is 7. The molecule has 0 nitrogen and oxygen atoms in total. The summed E-state index contributed by atoms with van der Waals surface area (Å²) in [6, 6.07) is 4.31. The number of benzene rings is 1. The summed E-state index contributed by atoms with van der Waals surface area (Å²) in [6.45, 7) is 0. The molecule has 90 valence electrons. The van der Waals surface area contributed by atoms with Crippen molar-refractivity contribution >= 4 is 43.5 Å². The minimum Gasteiger partial charge on any atom is -0.204 e. The zero-order chi connectivity index (χ0) is 12.5. The standard InChI is InChI=1S/C9H5Br2ClF4/c10-4-1-2-6(11)5(3-4)7(12)9(15,16)8(13)14/h1-3,7-8H. The molecule has 0 aromatic heterocycles. The van der Waals surface area contributed by atoms with Crippen LogP contribution in [0.15, 0.2) is 27.1 Å². The van der Waals surface area contributed by atoms with Crippen LogP contribution in [0.25, 0.3) is 0 Å². The summed E-state index contributed by atoms with van der Waals surface area (Å²) < 4.78 is 51.0. The molecule has 0 aliphatic rings. The average Bonchev–Trinajstić information content (AvgIpc) is 2.20. The van der Waals surface area contributed by atoms with Crippen LogP contribution in [0.4, 0.5) is 17.6 Å². The molecule has 1 aromatic carbocycles. The van der Waals surface area contributed by atoms with Crippen LogP contribution in [0.3, 0.4) is 0 Å². The number of hydrogen-bond donors (Lipinski definition) is 0. The van der Waals surface area contributed by atoms with E-state index in [1.54, 1.807) is 6.07 Å². The highest BCUT2D eigenvalue weighted by Gasteiger charge is 2.49. The number of rotatable bonds is 3. The van der Waals surface area contributed by atoms with Gasteiger partial charge in [0.1, 0.15) is 5.38 Å². The van der Waals surface area contributed by atoms with Gasteiger partial charge in [0.05, 0.1) is 0 Å². The molecule has 0 bridgehead atoms. The molecule has 0 spiro atoms. The van der Waals surface area contributed by atoms with Crippen molar-refractivity contribution in [2.75, 3.05) is 0 Å². The summed E-state index contributed by atoms with van der Waals surface area (Å²) >= 11 is 11.4. The van der Waals surface area contributed by atoms with Crippen LogP contribution < -0.4 is 0 Å². The van der Waals surface area contributed by atoms with Gasteiger partial charge in [-0.2, -0.15) is 8.78 Å². The smallest absolute Gasteiger partial charge is 0.204 e. The van der Waals surface area contributed by atoms with Crippen LogP contribution in [0.2, 0.25) is 0 Å². The molecule has 0 radical (unpaired) electrons. The Labute approximate surface area is 111 Å². The molecule has 0 heterocycles. The van der Waals surface area contributed by atoms with Crippen molar-refractivity contribution in [2.45, 2.75) is 17.7 Å². The minimum absolute atomic E-state index is 0.0821. The quantitative estimate of drug-likeness (QED) is 0.484. The van der Waals surface area contributed by atoms with E-state index in [9.17, 15) is 17.6 Å². The largest absolute Gasteiger partial charge is 0.327 e. The van der Waals surface area contributed by atoms with E-state index in [1.807, 2.05) is 0 Å². The molecule has 0 saturated carbocycles. The van der Waals surface area contributed by atoms with Gasteiger partial charge in [0, 0.05) is 8.95 Å². The lowest BCUT2D eigenvalue weighted by Crippen LogP contribution is -2.31. The molecule has 0 N–H and O–H groups in total. The fourth-order valence-electron chi connectivity index (χ4n) is 1.03. The Morgan fingerprint density at radius 1 is 1.19 bits per heavy atom. The van der Waals surface area contributed by atoms with E-state index in [-0.39, 0.29) is 10.0 Å². The van der Waals surface area contributed by atoms with Gasteiger partial charge in [0.25, 0.3) is 0 Å². The Morgan fingerprint density at radius 3 is 2.25 bits per heavy atom. The molecule has 0 aliphatic heterocycles. The highest BCUT2D eigenvalue weighted by Crippen LogP contribution is 2.44. The molecular weight excluding hydrogens is 379 g/mol. The molecular formula is C9H5Br2ClF4. The van der Waals surface area contributed by atoms with Crippen LogP contribution in [0, 0.1) is 0 Å². The molecule has 0 aliphatic carbocycles. The van der Waals surface area contributed by atoms with E-state index >= 15 is 0 Å². The Morgan fingerprint density at radius 2 is 1.75 bits per heavy atom. The topological polar surface area (TPSA) is 0 Å². The third kappa shape index (κ3) is 2.90. The summed E-state index contributed by atoms with van der Waals surface area (Å²) in [5.74, 6) is -4.27. The van der Waals surface area contributed by atoms with Gasteiger partial charge in [-0.25, -0.2) is 8.78 Å². The maximum absolute atomic E-state index is 13.0. The number of hydrogen-bond acceptors (Lipinski definition) is 0. The van der Waals surface area contributed by atoms with Crippen LogP contribution >= 0.6 is 43.5 Å². The first-order valence-electron chi connectivity index (χ1n) is 4.01. The van der Waals surface area contributed by atoms with Gasteiger partial charge in [-0.05, 0) is 23.8 Å². The van der Waals surface area contributed by atoms with Gasteiger partial charge in [-0.3, -0.25) is 0 Å². The molecule has 0 amide bonds. The van der Waals surface area contributed by atoms with Gasteiger partial charge < -0.3 is 0 Å². The summed E-state index contributed by atoms with van der Waals surface area (Å²) in [4.78, 5) is 0. The summed E-state index contributed by atoms with van der Waals surface area (Å²) in [7, 11) is 0. The zero-order valence-corrected chi connectivity index (χ0v) is 11.5. The van der Waals surface area contributed by atoms with Crippen LogP contribution in [-0.4, -0.2) is 12.3 Å². The lowest BCUT2D eigenvalue weighted by atomic mass is 10.1. The second kappa shape index (κ2) is 5.23. The Balaban J connectivity index is 3.14. The van der Waals surface area contributed by atoms with Crippen molar-refractivity contribution in [1.82, 2.24) is 0 Å². The molecule has 1 aromatic rings. The molecule has 7 heteroatoms. The second-order valence-electron chi connectivity index (χ2n) is 3.00. The maximum Gasteiger partial charge on any atom is 0.327 e. The van der Waals surface area contributed by atoms with Crippen LogP contribution in [0.1, 0.15) is 10.9 Å². The van der Waals surface area contributed by atoms with Crippen LogP contribution in [0.5, 0.6) is 0 Å². The van der Waals surface area contributed by atoms with Crippen molar-refractivity contribution in [1.29, 1.82) is 0 Å². The highest BCUT2D eigenvalue weighted by atomic mass is 79.9. The summed E-state index contributed by atoms with van der Waals surface area (Å²) in [5, 5.41) is -2.08. The van der Waals surface area contributed by atoms with E-state index in [0.29, 0.717) is 4.47 Å². The molecule has 16 heavy (non-hydrogen) atoms. The van der Waals surface area contributed by atoms with Crippen molar-refractivity contribution in [3.8, 4) is 0 Å². The first kappa shape index (κ1) is 14.3. The van der Waals surface area contributed by atoms with Crippen molar-refractivity contribution in [3.05, 3.63) is 32.7 Å². The fraction of sp³-hybridized carbons (Fsp3) is 0.333. The average molecular weight is 384 g/mol. The summed E-state index contributed by atoms with van der Waals surface area (Å²) in [5.41, 5.74) is -0.0821. The monoisotopic (exact) mass is 382 g/mol. The predicted octanol–water partition coefficient (Wildman–Crippen LogP) is 5.39. The van der Waals surface area contributed by atoms with E-state index in [0.717, 1.165) is 0 Å². The van der Waals surface area contributed by atoms with E-state index in [2.05, 4.69) is 31.9 Å². The normalized spacial score (nSPS) is 14.2. The van der Waals surface area contributed by atoms with Crippen molar-refractivity contribution in [3.63, 3.8) is 0 Å². The maximum atomic E-state index is 13.0. The SMILES string of the molecule is FC(F)C(F)(F)C(Cl)c1cc(Br)ccc1Br. The van der Waals surface area contributed by atoms with Crippen molar-refractivity contribution in [2.24, 2.45) is 0 Å². The zero-order valence-electron chi connectivity index (χ0n) is 7.53. The van der Waals surface area contributed by atoms with Gasteiger partial charge in [-0.1, -0.05) is 31.9 Å². The molecule has 0 fully saturated rings. The first-order valence-corrected chi connectivity index (χ1v) is 6.04. The van der Waals surface area contributed by atoms with Gasteiger partial charge in [-0.15, -0.1) is 11.6 Å². The lowest BCUT2D eigenvalue weighted by molar-refractivity contribution is -0.130. The predicted molar refractivity (Wildman–Crippen MR) is 61.4 cm³/mol. The molecule has 1 unspecified atom stereocenters. The Bertz CT molecular complexity index is 384. The highest BCUT2D eigenvalue weighted by molar-refractivity contribution is 9.11. The minimum atomic E-state index is -4.27. The van der Waals surface area contributed by atoms with Gasteiger partial charge >= 0.3 is 12.3 Å². The number of alkyl halides is 5. The molecule has 0 saturated heterocycles. The van der Waals surface area contributed by atoms with Crippen molar-refractivity contribution < 1.29 is 17.6 Å². The molecule has 1 atom stereocenters. The third-order valence-corrected chi connectivity index (χ3v) is 3.60. The van der Waals surface area contributed by atoms with E-state index in [1.165, 1.54) is 12.1 Å². The Kier molecular flexibility index (Phi) is 4.66. The molecule has 1 rings (SSSR count). The van der Waals surface area contributed by atoms with E-state index < -0.39 is 17.7 Å². The Hall–Kier alpha value is 0.190. The van der Waals surface area contributed by atoms with Gasteiger partial charge in [0.2, 0.25) is 0 Å². The van der Waals surface area contributed by atoms with Gasteiger partial charge in [0.15, 0.2) is 0 Å². The lowest BCUT2D eigenvalue weighted by Gasteiger charge is -2.22. The first-order chi connectivity index (χ1) is 7.26.